The van der Waals surface area contributed by atoms with Crippen LogP contribution in [0.25, 0.3) is 0 Å². The Bertz CT molecular complexity index is 743. The van der Waals surface area contributed by atoms with Crippen LogP contribution in [0.5, 0.6) is 5.75 Å². The van der Waals surface area contributed by atoms with E-state index in [4.69, 9.17) is 4.74 Å². The maximum Gasteiger partial charge on any atom is 0.290 e. The van der Waals surface area contributed by atoms with Crippen molar-refractivity contribution in [3.63, 3.8) is 0 Å². The van der Waals surface area contributed by atoms with Crippen molar-refractivity contribution in [3.8, 4) is 5.75 Å². The van der Waals surface area contributed by atoms with Crippen LogP contribution >= 0.6 is 0 Å². The number of Topliss-reactive ketones (excluding diaryl/α,β-unsaturated/α-hetero) is 1. The zero-order chi connectivity index (χ0) is 20.4. The molecule has 148 valence electrons. The molecule has 0 bridgehead atoms. The van der Waals surface area contributed by atoms with Crippen molar-refractivity contribution in [2.75, 3.05) is 6.54 Å². The first-order valence-corrected chi connectivity index (χ1v) is 9.63. The summed E-state index contributed by atoms with van der Waals surface area (Å²) in [5, 5.41) is 10.5. The Hall–Kier alpha value is -2.30. The van der Waals surface area contributed by atoms with Crippen LogP contribution in [0.15, 0.2) is 35.6 Å². The normalized spacial score (nSPS) is 17.8. The number of aliphatic hydroxyl groups is 1. The van der Waals surface area contributed by atoms with Crippen LogP contribution in [0.2, 0.25) is 0 Å². The minimum atomic E-state index is -0.700. The molecule has 5 heteroatoms. The minimum absolute atomic E-state index is 0.0151. The zero-order valence-electron chi connectivity index (χ0n) is 17.2. The van der Waals surface area contributed by atoms with Crippen LogP contribution in [-0.4, -0.2) is 34.3 Å². The van der Waals surface area contributed by atoms with Crippen LogP contribution in [0, 0.1) is 5.41 Å². The highest BCUT2D eigenvalue weighted by molar-refractivity contribution is 6.10. The van der Waals surface area contributed by atoms with Gasteiger partial charge in [-0.05, 0) is 38.0 Å². The average Bonchev–Trinajstić information content (AvgIpc) is 2.82. The lowest BCUT2D eigenvalue weighted by atomic mass is 9.82. The summed E-state index contributed by atoms with van der Waals surface area (Å²) in [5.41, 5.74) is 0.258. The number of hydrogen-bond donors (Lipinski definition) is 1. The van der Waals surface area contributed by atoms with Gasteiger partial charge >= 0.3 is 0 Å². The largest absolute Gasteiger partial charge is 0.503 e. The number of ketones is 1. The molecule has 1 N–H and O–H groups in total. The summed E-state index contributed by atoms with van der Waals surface area (Å²) in [6, 6.07) is 6.84. The Morgan fingerprint density at radius 1 is 1.30 bits per heavy atom. The van der Waals surface area contributed by atoms with Crippen LogP contribution in [0.1, 0.15) is 66.0 Å². The summed E-state index contributed by atoms with van der Waals surface area (Å²) < 4.78 is 5.78. The number of hydrogen-bond acceptors (Lipinski definition) is 4. The van der Waals surface area contributed by atoms with Gasteiger partial charge in [0, 0.05) is 12.0 Å². The number of carbonyl (C=O) groups is 2. The van der Waals surface area contributed by atoms with Gasteiger partial charge in [-0.3, -0.25) is 9.59 Å². The molecule has 5 nitrogen and oxygen atoms in total. The molecule has 1 aliphatic heterocycles. The Labute approximate surface area is 162 Å². The Kier molecular flexibility index (Phi) is 6.34. The van der Waals surface area contributed by atoms with Crippen LogP contribution in [0.4, 0.5) is 0 Å². The summed E-state index contributed by atoms with van der Waals surface area (Å²) in [4.78, 5) is 27.4. The molecule has 0 saturated heterocycles. The summed E-state index contributed by atoms with van der Waals surface area (Å²) in [6.07, 6.45) is 1.73. The number of amides is 1. The highest BCUT2D eigenvalue weighted by atomic mass is 16.5. The molecule has 0 radical (unpaired) electrons. The van der Waals surface area contributed by atoms with Gasteiger partial charge < -0.3 is 14.7 Å². The maximum absolute atomic E-state index is 13.1. The second kappa shape index (κ2) is 8.15. The number of carbonyl (C=O) groups excluding carboxylic acids is 2. The minimum Gasteiger partial charge on any atom is -0.503 e. The molecule has 1 unspecified atom stereocenters. The van der Waals surface area contributed by atoms with Gasteiger partial charge in [-0.25, -0.2) is 0 Å². The van der Waals surface area contributed by atoms with Gasteiger partial charge in [0.15, 0.2) is 11.5 Å². The second-order valence-corrected chi connectivity index (χ2v) is 8.34. The fourth-order valence-corrected chi connectivity index (χ4v) is 3.23. The number of nitrogens with zero attached hydrogens (tertiary/aromatic N) is 1. The lowest BCUT2D eigenvalue weighted by Crippen LogP contribution is -2.33. The van der Waals surface area contributed by atoms with Gasteiger partial charge in [-0.2, -0.15) is 0 Å². The second-order valence-electron chi connectivity index (χ2n) is 8.34. The van der Waals surface area contributed by atoms with E-state index in [2.05, 4.69) is 0 Å². The van der Waals surface area contributed by atoms with Crippen LogP contribution in [0.3, 0.4) is 0 Å². The number of benzene rings is 1. The standard InChI is InChI=1S/C22H31NO4/c1-7-8-12-23-18(15-10-9-11-16(13-15)27-14(2)3)17(19(24)21(23)26)20(25)22(4,5)6/h9-11,13-14,18,24H,7-8,12H2,1-6H3. The van der Waals surface area contributed by atoms with E-state index in [0.717, 1.165) is 18.4 Å². The number of ether oxygens (including phenoxy) is 1. The van der Waals surface area contributed by atoms with Crippen molar-refractivity contribution in [3.05, 3.63) is 41.2 Å². The lowest BCUT2D eigenvalue weighted by molar-refractivity contribution is -0.129. The van der Waals surface area contributed by atoms with Crippen molar-refractivity contribution >= 4 is 11.7 Å². The monoisotopic (exact) mass is 373 g/mol. The van der Waals surface area contributed by atoms with E-state index in [1.54, 1.807) is 25.7 Å². The molecule has 27 heavy (non-hydrogen) atoms. The molecule has 2 rings (SSSR count). The molecule has 0 aliphatic carbocycles. The van der Waals surface area contributed by atoms with Gasteiger partial charge in [0.05, 0.1) is 17.7 Å². The molecule has 0 fully saturated rings. The molecule has 0 spiro atoms. The molecule has 0 saturated carbocycles. The van der Waals surface area contributed by atoms with E-state index in [1.165, 1.54) is 0 Å². The molecule has 1 aromatic rings. The Balaban J connectivity index is 2.54. The van der Waals surface area contributed by atoms with Gasteiger partial charge in [-0.15, -0.1) is 0 Å². The van der Waals surface area contributed by atoms with Crippen molar-refractivity contribution in [1.29, 1.82) is 0 Å². The van der Waals surface area contributed by atoms with Crippen molar-refractivity contribution in [2.45, 2.75) is 66.5 Å². The summed E-state index contributed by atoms with van der Waals surface area (Å²) in [6.45, 7) is 11.8. The zero-order valence-corrected chi connectivity index (χ0v) is 17.2. The molecular weight excluding hydrogens is 342 g/mol. The summed E-state index contributed by atoms with van der Waals surface area (Å²) >= 11 is 0. The van der Waals surface area contributed by atoms with E-state index in [-0.39, 0.29) is 17.5 Å². The highest BCUT2D eigenvalue weighted by Gasteiger charge is 2.45. The first-order chi connectivity index (χ1) is 12.6. The van der Waals surface area contributed by atoms with E-state index in [1.807, 2.05) is 45.0 Å². The van der Waals surface area contributed by atoms with E-state index < -0.39 is 23.1 Å². The van der Waals surface area contributed by atoms with E-state index >= 15 is 0 Å². The molecular formula is C22H31NO4. The van der Waals surface area contributed by atoms with Crippen LogP contribution in [-0.2, 0) is 9.59 Å². The Morgan fingerprint density at radius 2 is 1.96 bits per heavy atom. The highest BCUT2D eigenvalue weighted by Crippen LogP contribution is 2.41. The predicted octanol–water partition coefficient (Wildman–Crippen LogP) is 4.58. The van der Waals surface area contributed by atoms with Crippen molar-refractivity contribution in [1.82, 2.24) is 4.90 Å². The van der Waals surface area contributed by atoms with Crippen molar-refractivity contribution in [2.24, 2.45) is 5.41 Å². The number of rotatable bonds is 7. The quantitative estimate of drug-likeness (QED) is 0.759. The molecule has 1 aromatic carbocycles. The fourth-order valence-electron chi connectivity index (χ4n) is 3.23. The predicted molar refractivity (Wildman–Crippen MR) is 106 cm³/mol. The van der Waals surface area contributed by atoms with E-state index in [9.17, 15) is 14.7 Å². The molecule has 1 amide bonds. The van der Waals surface area contributed by atoms with Gasteiger partial charge in [0.1, 0.15) is 5.75 Å². The van der Waals surface area contributed by atoms with Crippen molar-refractivity contribution < 1.29 is 19.4 Å². The summed E-state index contributed by atoms with van der Waals surface area (Å²) in [5.74, 6) is -0.436. The smallest absolute Gasteiger partial charge is 0.290 e. The number of aliphatic hydroxyl groups excluding tert-OH is 1. The SMILES string of the molecule is CCCCN1C(=O)C(O)=C(C(=O)C(C)(C)C)C1c1cccc(OC(C)C)c1. The third-order valence-electron chi connectivity index (χ3n) is 4.53. The number of unbranched alkanes of at least 4 members (excludes halogenated alkanes) is 1. The summed E-state index contributed by atoms with van der Waals surface area (Å²) in [7, 11) is 0. The lowest BCUT2D eigenvalue weighted by Gasteiger charge is -2.29. The van der Waals surface area contributed by atoms with Gasteiger partial charge in [0.2, 0.25) is 0 Å². The van der Waals surface area contributed by atoms with E-state index in [0.29, 0.717) is 12.3 Å². The molecule has 0 aromatic heterocycles. The third-order valence-corrected chi connectivity index (χ3v) is 4.53. The molecule has 1 atom stereocenters. The molecule has 1 aliphatic rings. The van der Waals surface area contributed by atoms with Gasteiger partial charge in [-0.1, -0.05) is 46.2 Å². The first kappa shape index (κ1) is 21.0. The fraction of sp³-hybridized carbons (Fsp3) is 0.545. The maximum atomic E-state index is 13.1. The van der Waals surface area contributed by atoms with Crippen LogP contribution < -0.4 is 4.74 Å². The first-order valence-electron chi connectivity index (χ1n) is 9.63. The molecule has 1 heterocycles. The van der Waals surface area contributed by atoms with Gasteiger partial charge in [0.25, 0.3) is 5.91 Å². The average molecular weight is 373 g/mol. The third kappa shape index (κ3) is 4.52. The Morgan fingerprint density at radius 3 is 2.52 bits per heavy atom. The topological polar surface area (TPSA) is 66.8 Å².